The number of hydrogen-bond donors (Lipinski definition) is 2. The van der Waals surface area contributed by atoms with Crippen molar-refractivity contribution in [2.45, 2.75) is 13.1 Å². The number of rotatable bonds is 6. The standard InChI is InChI=1S/C21H17Cl2FN6S/c22-16-4-3-15(19(23)9-16)12-29-8-7-20(28-29)27-21(31)26-18-10-25-30(13-18)11-14-1-5-17(24)6-2-14/h1-10,13H,11-12H2,(H2,26,27,28,31). The summed E-state index contributed by atoms with van der Waals surface area (Å²) in [7, 11) is 0. The zero-order valence-electron chi connectivity index (χ0n) is 16.1. The highest BCUT2D eigenvalue weighted by molar-refractivity contribution is 7.80. The van der Waals surface area contributed by atoms with Crippen LogP contribution < -0.4 is 10.6 Å². The molecule has 0 aliphatic heterocycles. The second-order valence-electron chi connectivity index (χ2n) is 6.77. The van der Waals surface area contributed by atoms with E-state index in [-0.39, 0.29) is 5.82 Å². The molecule has 6 nitrogen and oxygen atoms in total. The van der Waals surface area contributed by atoms with Crippen molar-refractivity contribution in [3.8, 4) is 0 Å². The van der Waals surface area contributed by atoms with Gasteiger partial charge in [-0.15, -0.1) is 0 Å². The van der Waals surface area contributed by atoms with Gasteiger partial charge in [0.15, 0.2) is 10.9 Å². The number of anilines is 2. The van der Waals surface area contributed by atoms with Gasteiger partial charge in [-0.3, -0.25) is 9.36 Å². The summed E-state index contributed by atoms with van der Waals surface area (Å²) in [4.78, 5) is 0. The molecule has 0 unspecified atom stereocenters. The van der Waals surface area contributed by atoms with E-state index >= 15 is 0 Å². The van der Waals surface area contributed by atoms with Gasteiger partial charge in [0.25, 0.3) is 0 Å². The number of thiocarbonyl (C=S) groups is 1. The smallest absolute Gasteiger partial charge is 0.176 e. The van der Waals surface area contributed by atoms with Crippen LogP contribution in [0.3, 0.4) is 0 Å². The van der Waals surface area contributed by atoms with Gasteiger partial charge in [0.1, 0.15) is 5.82 Å². The second-order valence-corrected chi connectivity index (χ2v) is 8.02. The largest absolute Gasteiger partial charge is 0.330 e. The molecule has 0 aliphatic carbocycles. The van der Waals surface area contributed by atoms with Crippen molar-refractivity contribution in [1.29, 1.82) is 0 Å². The summed E-state index contributed by atoms with van der Waals surface area (Å²) in [6.07, 6.45) is 5.31. The van der Waals surface area contributed by atoms with Crippen LogP contribution in [0.2, 0.25) is 10.0 Å². The summed E-state index contributed by atoms with van der Waals surface area (Å²) in [5.74, 6) is 0.336. The highest BCUT2D eigenvalue weighted by atomic mass is 35.5. The Morgan fingerprint density at radius 3 is 2.58 bits per heavy atom. The fourth-order valence-electron chi connectivity index (χ4n) is 2.91. The first kappa shape index (κ1) is 21.3. The molecule has 10 heteroatoms. The molecule has 0 bridgehead atoms. The van der Waals surface area contributed by atoms with Gasteiger partial charge in [-0.2, -0.15) is 10.2 Å². The molecular weight excluding hydrogens is 458 g/mol. The van der Waals surface area contributed by atoms with Crippen LogP contribution in [0, 0.1) is 5.82 Å². The molecule has 0 spiro atoms. The SMILES string of the molecule is Fc1ccc(Cn2cc(NC(=S)Nc3ccn(Cc4ccc(Cl)cc4Cl)n3)cn2)cc1. The van der Waals surface area contributed by atoms with E-state index in [2.05, 4.69) is 20.8 Å². The summed E-state index contributed by atoms with van der Waals surface area (Å²) >= 11 is 17.5. The van der Waals surface area contributed by atoms with Gasteiger partial charge in [-0.25, -0.2) is 4.39 Å². The van der Waals surface area contributed by atoms with Crippen LogP contribution >= 0.6 is 35.4 Å². The van der Waals surface area contributed by atoms with Crippen LogP contribution in [0.1, 0.15) is 11.1 Å². The number of nitrogens with zero attached hydrogens (tertiary/aromatic N) is 4. The molecule has 0 fully saturated rings. The van der Waals surface area contributed by atoms with Crippen molar-refractivity contribution in [1.82, 2.24) is 19.6 Å². The van der Waals surface area contributed by atoms with Crippen LogP contribution in [0.4, 0.5) is 15.9 Å². The summed E-state index contributed by atoms with van der Waals surface area (Å²) < 4.78 is 16.5. The topological polar surface area (TPSA) is 59.7 Å². The molecule has 2 aromatic carbocycles. The van der Waals surface area contributed by atoms with E-state index in [1.165, 1.54) is 12.1 Å². The Kier molecular flexibility index (Phi) is 6.50. The predicted molar refractivity (Wildman–Crippen MR) is 125 cm³/mol. The maximum absolute atomic E-state index is 13.0. The number of nitrogens with one attached hydrogen (secondary N) is 2. The summed E-state index contributed by atoms with van der Waals surface area (Å²) in [5, 5.41) is 16.4. The van der Waals surface area contributed by atoms with Gasteiger partial charge in [0.05, 0.1) is 25.0 Å². The zero-order chi connectivity index (χ0) is 21.8. The zero-order valence-corrected chi connectivity index (χ0v) is 18.4. The van der Waals surface area contributed by atoms with Gasteiger partial charge >= 0.3 is 0 Å². The van der Waals surface area contributed by atoms with Crippen molar-refractivity contribution in [3.05, 3.63) is 94.1 Å². The lowest BCUT2D eigenvalue weighted by Crippen LogP contribution is -2.19. The molecule has 2 N–H and O–H groups in total. The highest BCUT2D eigenvalue weighted by Crippen LogP contribution is 2.22. The Bertz CT molecular complexity index is 1200. The maximum Gasteiger partial charge on any atom is 0.176 e. The predicted octanol–water partition coefficient (Wildman–Crippen LogP) is 5.43. The Morgan fingerprint density at radius 1 is 1.00 bits per heavy atom. The monoisotopic (exact) mass is 474 g/mol. The first-order valence-electron chi connectivity index (χ1n) is 9.27. The van der Waals surface area contributed by atoms with Gasteiger partial charge < -0.3 is 10.6 Å². The Balaban J connectivity index is 1.32. The fraction of sp³-hybridized carbons (Fsp3) is 0.0952. The van der Waals surface area contributed by atoms with E-state index in [4.69, 9.17) is 35.4 Å². The minimum Gasteiger partial charge on any atom is -0.330 e. The van der Waals surface area contributed by atoms with Gasteiger partial charge in [0.2, 0.25) is 0 Å². The van der Waals surface area contributed by atoms with E-state index in [0.29, 0.717) is 34.1 Å². The third kappa shape index (κ3) is 5.81. The lowest BCUT2D eigenvalue weighted by atomic mass is 10.2. The van der Waals surface area contributed by atoms with Crippen LogP contribution in [-0.4, -0.2) is 24.7 Å². The van der Waals surface area contributed by atoms with Crippen molar-refractivity contribution in [2.24, 2.45) is 0 Å². The average molecular weight is 475 g/mol. The van der Waals surface area contributed by atoms with Crippen molar-refractivity contribution in [2.75, 3.05) is 10.6 Å². The van der Waals surface area contributed by atoms with Gasteiger partial charge in [-0.05, 0) is 47.6 Å². The summed E-state index contributed by atoms with van der Waals surface area (Å²) in [5.41, 5.74) is 2.59. The third-order valence-electron chi connectivity index (χ3n) is 4.38. The van der Waals surface area contributed by atoms with E-state index in [9.17, 15) is 4.39 Å². The van der Waals surface area contributed by atoms with Crippen LogP contribution in [-0.2, 0) is 13.1 Å². The molecule has 0 saturated heterocycles. The van der Waals surface area contributed by atoms with E-state index in [1.54, 1.807) is 39.8 Å². The maximum atomic E-state index is 13.0. The normalized spacial score (nSPS) is 10.8. The van der Waals surface area contributed by atoms with Crippen molar-refractivity contribution >= 4 is 52.0 Å². The first-order valence-corrected chi connectivity index (χ1v) is 10.4. The molecule has 2 heterocycles. The summed E-state index contributed by atoms with van der Waals surface area (Å²) in [6.45, 7) is 1.04. The molecule has 0 radical (unpaired) electrons. The quantitative estimate of drug-likeness (QED) is 0.364. The Morgan fingerprint density at radius 2 is 1.81 bits per heavy atom. The van der Waals surface area contributed by atoms with E-state index in [1.807, 2.05) is 24.5 Å². The Hall–Kier alpha value is -2.94. The number of hydrogen-bond acceptors (Lipinski definition) is 3. The van der Waals surface area contributed by atoms with Gasteiger partial charge in [-0.1, -0.05) is 41.4 Å². The summed E-state index contributed by atoms with van der Waals surface area (Å²) in [6, 6.07) is 13.5. The van der Waals surface area contributed by atoms with Crippen LogP contribution in [0.15, 0.2) is 67.1 Å². The van der Waals surface area contributed by atoms with Crippen molar-refractivity contribution < 1.29 is 4.39 Å². The molecule has 4 aromatic rings. The third-order valence-corrected chi connectivity index (χ3v) is 5.17. The molecule has 0 amide bonds. The highest BCUT2D eigenvalue weighted by Gasteiger charge is 2.07. The molecule has 0 saturated carbocycles. The first-order chi connectivity index (χ1) is 14.9. The number of benzene rings is 2. The van der Waals surface area contributed by atoms with E-state index in [0.717, 1.165) is 16.8 Å². The molecule has 0 aliphatic rings. The molecule has 2 aromatic heterocycles. The fourth-order valence-corrected chi connectivity index (χ4v) is 3.60. The minimum atomic E-state index is -0.262. The van der Waals surface area contributed by atoms with E-state index < -0.39 is 0 Å². The van der Waals surface area contributed by atoms with Gasteiger partial charge in [0, 0.05) is 28.5 Å². The van der Waals surface area contributed by atoms with Crippen LogP contribution in [0.5, 0.6) is 0 Å². The minimum absolute atomic E-state index is 0.262. The molecule has 158 valence electrons. The second kappa shape index (κ2) is 9.47. The average Bonchev–Trinajstić information content (AvgIpc) is 3.35. The lowest BCUT2D eigenvalue weighted by molar-refractivity contribution is 0.624. The van der Waals surface area contributed by atoms with Crippen LogP contribution in [0.25, 0.3) is 0 Å². The molecular formula is C21H17Cl2FN6S. The number of halogens is 3. The lowest BCUT2D eigenvalue weighted by Gasteiger charge is -2.07. The van der Waals surface area contributed by atoms with Crippen molar-refractivity contribution in [3.63, 3.8) is 0 Å². The molecule has 4 rings (SSSR count). The number of aromatic nitrogens is 4. The molecule has 0 atom stereocenters. The Labute approximate surface area is 193 Å². The molecule has 31 heavy (non-hydrogen) atoms.